The number of nitrogens with one attached hydrogen (secondary N) is 1. The minimum atomic E-state index is -0.0151. The number of methoxy groups -OCH3 is 2. The van der Waals surface area contributed by atoms with Gasteiger partial charge in [-0.2, -0.15) is 0 Å². The fourth-order valence-electron chi connectivity index (χ4n) is 2.59. The third kappa shape index (κ3) is 5.80. The lowest BCUT2D eigenvalue weighted by molar-refractivity contribution is -0.116. The first kappa shape index (κ1) is 18.8. The average molecular weight is 342 g/mol. The van der Waals surface area contributed by atoms with Crippen LogP contribution in [-0.4, -0.2) is 38.1 Å². The fourth-order valence-corrected chi connectivity index (χ4v) is 2.59. The van der Waals surface area contributed by atoms with Gasteiger partial charge in [-0.25, -0.2) is 0 Å². The van der Waals surface area contributed by atoms with Gasteiger partial charge in [0.05, 0.1) is 14.2 Å². The van der Waals surface area contributed by atoms with Crippen molar-refractivity contribution in [2.75, 3.05) is 32.6 Å². The maximum atomic E-state index is 12.2. The van der Waals surface area contributed by atoms with Gasteiger partial charge in [0.2, 0.25) is 5.91 Å². The Kier molecular flexibility index (Phi) is 7.29. The summed E-state index contributed by atoms with van der Waals surface area (Å²) in [5.41, 5.74) is 1.96. The summed E-state index contributed by atoms with van der Waals surface area (Å²) < 4.78 is 10.5. The number of ether oxygens (including phenoxy) is 2. The predicted molar refractivity (Wildman–Crippen MR) is 100 cm³/mol. The summed E-state index contributed by atoms with van der Waals surface area (Å²) in [7, 11) is 3.16. The van der Waals surface area contributed by atoms with Crippen LogP contribution < -0.4 is 14.8 Å². The molecule has 2 rings (SSSR count). The molecule has 0 aromatic heterocycles. The zero-order chi connectivity index (χ0) is 18.1. The molecule has 0 saturated carbocycles. The van der Waals surface area contributed by atoms with E-state index >= 15 is 0 Å². The number of amides is 1. The second kappa shape index (κ2) is 9.69. The van der Waals surface area contributed by atoms with Crippen LogP contribution in [-0.2, 0) is 11.3 Å². The molecule has 0 radical (unpaired) electrons. The van der Waals surface area contributed by atoms with E-state index in [0.717, 1.165) is 13.1 Å². The maximum Gasteiger partial charge on any atom is 0.225 e. The molecule has 134 valence electrons. The number of carbonyl (C=O) groups is 1. The van der Waals surface area contributed by atoms with Gasteiger partial charge in [-0.1, -0.05) is 37.3 Å². The standard InChI is InChI=1S/C20H26N2O3/c1-4-22(15-16-8-6-5-7-9-16)13-12-20(23)21-17-10-11-18(24-2)19(14-17)25-3/h5-11,14H,4,12-13,15H2,1-3H3,(H,21,23). The first-order valence-corrected chi connectivity index (χ1v) is 8.44. The normalized spacial score (nSPS) is 10.6. The van der Waals surface area contributed by atoms with Crippen molar-refractivity contribution in [3.05, 3.63) is 54.1 Å². The third-order valence-corrected chi connectivity index (χ3v) is 4.02. The molecule has 0 fully saturated rings. The van der Waals surface area contributed by atoms with Crippen molar-refractivity contribution >= 4 is 11.6 Å². The predicted octanol–water partition coefficient (Wildman–Crippen LogP) is 3.55. The van der Waals surface area contributed by atoms with Crippen LogP contribution in [0.15, 0.2) is 48.5 Å². The van der Waals surface area contributed by atoms with E-state index in [1.54, 1.807) is 32.4 Å². The second-order valence-electron chi connectivity index (χ2n) is 5.72. The summed E-state index contributed by atoms with van der Waals surface area (Å²) in [4.78, 5) is 14.5. The Hall–Kier alpha value is -2.53. The Labute approximate surface area is 149 Å². The van der Waals surface area contributed by atoms with Crippen molar-refractivity contribution in [2.24, 2.45) is 0 Å². The Morgan fingerprint density at radius 3 is 2.40 bits per heavy atom. The smallest absolute Gasteiger partial charge is 0.225 e. The van der Waals surface area contributed by atoms with Crippen LogP contribution in [0.1, 0.15) is 18.9 Å². The number of rotatable bonds is 9. The van der Waals surface area contributed by atoms with Gasteiger partial charge in [-0.05, 0) is 24.2 Å². The summed E-state index contributed by atoms with van der Waals surface area (Å²) in [6.45, 7) is 4.57. The van der Waals surface area contributed by atoms with Gasteiger partial charge in [0.15, 0.2) is 11.5 Å². The molecule has 0 spiro atoms. The molecule has 0 unspecified atom stereocenters. The Morgan fingerprint density at radius 2 is 1.76 bits per heavy atom. The molecule has 0 atom stereocenters. The molecular weight excluding hydrogens is 316 g/mol. The maximum absolute atomic E-state index is 12.2. The van der Waals surface area contributed by atoms with Crippen LogP contribution >= 0.6 is 0 Å². The van der Waals surface area contributed by atoms with Crippen LogP contribution in [0, 0.1) is 0 Å². The van der Waals surface area contributed by atoms with Crippen LogP contribution in [0.3, 0.4) is 0 Å². The minimum absolute atomic E-state index is 0.0151. The molecule has 5 nitrogen and oxygen atoms in total. The highest BCUT2D eigenvalue weighted by Gasteiger charge is 2.10. The highest BCUT2D eigenvalue weighted by Crippen LogP contribution is 2.29. The molecule has 5 heteroatoms. The van der Waals surface area contributed by atoms with Gasteiger partial charge in [-0.15, -0.1) is 0 Å². The summed E-state index contributed by atoms with van der Waals surface area (Å²) in [5, 5.41) is 2.91. The van der Waals surface area contributed by atoms with Gasteiger partial charge in [0, 0.05) is 31.3 Å². The highest BCUT2D eigenvalue weighted by molar-refractivity contribution is 5.91. The zero-order valence-corrected chi connectivity index (χ0v) is 15.1. The van der Waals surface area contributed by atoms with Crippen molar-refractivity contribution in [3.63, 3.8) is 0 Å². The Morgan fingerprint density at radius 1 is 1.04 bits per heavy atom. The summed E-state index contributed by atoms with van der Waals surface area (Å²) in [5.74, 6) is 1.22. The fraction of sp³-hybridized carbons (Fsp3) is 0.350. The Bertz CT molecular complexity index is 674. The lowest BCUT2D eigenvalue weighted by Crippen LogP contribution is -2.27. The average Bonchev–Trinajstić information content (AvgIpc) is 2.65. The molecule has 1 N–H and O–H groups in total. The molecule has 0 bridgehead atoms. The van der Waals surface area contributed by atoms with E-state index in [9.17, 15) is 4.79 Å². The van der Waals surface area contributed by atoms with Gasteiger partial charge in [0.1, 0.15) is 0 Å². The number of hydrogen-bond donors (Lipinski definition) is 1. The molecule has 2 aromatic rings. The topological polar surface area (TPSA) is 50.8 Å². The van der Waals surface area contributed by atoms with E-state index in [0.29, 0.717) is 30.2 Å². The monoisotopic (exact) mass is 342 g/mol. The number of benzene rings is 2. The van der Waals surface area contributed by atoms with Crippen molar-refractivity contribution in [3.8, 4) is 11.5 Å². The van der Waals surface area contributed by atoms with Crippen molar-refractivity contribution in [2.45, 2.75) is 19.9 Å². The van der Waals surface area contributed by atoms with Crippen LogP contribution in [0.5, 0.6) is 11.5 Å². The minimum Gasteiger partial charge on any atom is -0.493 e. The van der Waals surface area contributed by atoms with Crippen LogP contribution in [0.25, 0.3) is 0 Å². The molecule has 0 aliphatic carbocycles. The van der Waals surface area contributed by atoms with E-state index in [1.807, 2.05) is 18.2 Å². The van der Waals surface area contributed by atoms with Crippen molar-refractivity contribution in [1.29, 1.82) is 0 Å². The lowest BCUT2D eigenvalue weighted by atomic mass is 10.2. The van der Waals surface area contributed by atoms with E-state index in [-0.39, 0.29) is 5.91 Å². The van der Waals surface area contributed by atoms with Gasteiger partial charge in [0.25, 0.3) is 0 Å². The molecule has 0 aliphatic heterocycles. The number of anilines is 1. The van der Waals surface area contributed by atoms with Crippen LogP contribution in [0.4, 0.5) is 5.69 Å². The van der Waals surface area contributed by atoms with Gasteiger partial charge < -0.3 is 14.8 Å². The number of nitrogens with zero attached hydrogens (tertiary/aromatic N) is 1. The van der Waals surface area contributed by atoms with Crippen molar-refractivity contribution < 1.29 is 14.3 Å². The molecule has 0 heterocycles. The number of carbonyl (C=O) groups excluding carboxylic acids is 1. The number of hydrogen-bond acceptors (Lipinski definition) is 4. The van der Waals surface area contributed by atoms with Crippen LogP contribution in [0.2, 0.25) is 0 Å². The van der Waals surface area contributed by atoms with Gasteiger partial charge in [-0.3, -0.25) is 9.69 Å². The quantitative estimate of drug-likeness (QED) is 0.757. The SMILES string of the molecule is CCN(CCC(=O)Nc1ccc(OC)c(OC)c1)Cc1ccccc1. The van der Waals surface area contributed by atoms with E-state index < -0.39 is 0 Å². The van der Waals surface area contributed by atoms with E-state index in [4.69, 9.17) is 9.47 Å². The molecule has 0 aliphatic rings. The largest absolute Gasteiger partial charge is 0.493 e. The molecule has 1 amide bonds. The molecule has 25 heavy (non-hydrogen) atoms. The zero-order valence-electron chi connectivity index (χ0n) is 15.1. The first-order chi connectivity index (χ1) is 12.2. The lowest BCUT2D eigenvalue weighted by Gasteiger charge is -2.20. The summed E-state index contributed by atoms with van der Waals surface area (Å²) >= 11 is 0. The van der Waals surface area contributed by atoms with E-state index in [1.165, 1.54) is 5.56 Å². The van der Waals surface area contributed by atoms with Crippen molar-refractivity contribution in [1.82, 2.24) is 4.90 Å². The summed E-state index contributed by atoms with van der Waals surface area (Å²) in [6.07, 6.45) is 0.440. The van der Waals surface area contributed by atoms with E-state index in [2.05, 4.69) is 29.3 Å². The first-order valence-electron chi connectivity index (χ1n) is 8.44. The highest BCUT2D eigenvalue weighted by atomic mass is 16.5. The molecule has 2 aromatic carbocycles. The summed E-state index contributed by atoms with van der Waals surface area (Å²) in [6, 6.07) is 15.6. The Balaban J connectivity index is 1.87. The molecular formula is C20H26N2O3. The second-order valence-corrected chi connectivity index (χ2v) is 5.72. The molecule has 0 saturated heterocycles. The third-order valence-electron chi connectivity index (χ3n) is 4.02. The van der Waals surface area contributed by atoms with Gasteiger partial charge >= 0.3 is 0 Å².